The molecule has 1 saturated carbocycles. The summed E-state index contributed by atoms with van der Waals surface area (Å²) >= 11 is 0. The predicted octanol–water partition coefficient (Wildman–Crippen LogP) is 3.32. The van der Waals surface area contributed by atoms with E-state index >= 15 is 0 Å². The summed E-state index contributed by atoms with van der Waals surface area (Å²) < 4.78 is 54.3. The molecule has 0 atom stereocenters. The van der Waals surface area contributed by atoms with Gasteiger partial charge < -0.3 is 10.2 Å². The van der Waals surface area contributed by atoms with Gasteiger partial charge >= 0.3 is 0 Å². The van der Waals surface area contributed by atoms with Crippen LogP contribution >= 0.6 is 0 Å². The van der Waals surface area contributed by atoms with E-state index in [0.717, 1.165) is 42.6 Å². The van der Waals surface area contributed by atoms with Crippen LogP contribution in [0.2, 0.25) is 0 Å². The maximum Gasteiger partial charge on any atom is 0.246 e. The zero-order valence-corrected chi connectivity index (χ0v) is 18.3. The van der Waals surface area contributed by atoms with Crippen LogP contribution in [0.25, 0.3) is 0 Å². The van der Waals surface area contributed by atoms with Gasteiger partial charge in [-0.05, 0) is 38.0 Å². The lowest BCUT2D eigenvalue weighted by atomic mass is 9.96. The largest absolute Gasteiger partial charge is 0.354 e. The second kappa shape index (κ2) is 9.04. The van der Waals surface area contributed by atoms with Crippen LogP contribution in [0.1, 0.15) is 37.8 Å². The van der Waals surface area contributed by atoms with Gasteiger partial charge in [-0.1, -0.05) is 19.3 Å². The number of hydrogen-bond acceptors (Lipinski definition) is 6. The number of aromatic nitrogens is 2. The molecule has 0 amide bonds. The van der Waals surface area contributed by atoms with Crippen LogP contribution in [0.4, 0.5) is 20.5 Å². The number of rotatable bonds is 5. The second-order valence-electron chi connectivity index (χ2n) is 8.14. The van der Waals surface area contributed by atoms with Gasteiger partial charge in [0.1, 0.15) is 22.3 Å². The van der Waals surface area contributed by atoms with Crippen LogP contribution < -0.4 is 10.2 Å². The molecular formula is C21H27F2N5O2S. The van der Waals surface area contributed by atoms with Crippen molar-refractivity contribution in [3.63, 3.8) is 0 Å². The molecule has 1 aliphatic carbocycles. The molecule has 2 aromatic rings. The Bertz CT molecular complexity index is 1040. The number of anilines is 2. The fraction of sp³-hybridized carbons (Fsp3) is 0.524. The Balaban J connectivity index is 1.45. The Hall–Kier alpha value is -2.33. The predicted molar refractivity (Wildman–Crippen MR) is 115 cm³/mol. The molecule has 2 heterocycles. The number of halogens is 2. The Morgan fingerprint density at radius 2 is 1.71 bits per heavy atom. The Morgan fingerprint density at radius 1 is 1.00 bits per heavy atom. The Morgan fingerprint density at radius 3 is 2.42 bits per heavy atom. The minimum absolute atomic E-state index is 0.159. The molecule has 7 nitrogen and oxygen atoms in total. The summed E-state index contributed by atoms with van der Waals surface area (Å²) in [5.74, 6) is -0.402. The lowest BCUT2D eigenvalue weighted by Gasteiger charge is -2.35. The first-order valence-corrected chi connectivity index (χ1v) is 12.1. The smallest absolute Gasteiger partial charge is 0.246 e. The second-order valence-corrected chi connectivity index (χ2v) is 10.0. The third-order valence-corrected chi connectivity index (χ3v) is 7.77. The standard InChI is InChI=1S/C21H27F2N5O2S/c1-15-13-20(26-21(24-15)25-17-5-3-2-4-6-17)27-9-11-28(12-10-27)31(29,30)19-14-16(22)7-8-18(19)23/h7-8,13-14,17H,2-6,9-12H2,1H3,(H,24,25,26). The maximum absolute atomic E-state index is 14.0. The maximum atomic E-state index is 14.0. The van der Waals surface area contributed by atoms with E-state index in [0.29, 0.717) is 25.1 Å². The number of aryl methyl sites for hydroxylation is 1. The first-order valence-electron chi connectivity index (χ1n) is 10.7. The van der Waals surface area contributed by atoms with Gasteiger partial charge in [-0.2, -0.15) is 9.29 Å². The summed E-state index contributed by atoms with van der Waals surface area (Å²) in [5, 5.41) is 3.43. The molecule has 1 aromatic carbocycles. The van der Waals surface area contributed by atoms with Crippen molar-refractivity contribution < 1.29 is 17.2 Å². The van der Waals surface area contributed by atoms with Crippen LogP contribution in [0.3, 0.4) is 0 Å². The number of hydrogen-bond donors (Lipinski definition) is 1. The van der Waals surface area contributed by atoms with Crippen molar-refractivity contribution >= 4 is 21.8 Å². The molecule has 1 N–H and O–H groups in total. The molecule has 168 valence electrons. The number of nitrogens with zero attached hydrogens (tertiary/aromatic N) is 4. The molecule has 0 spiro atoms. The van der Waals surface area contributed by atoms with Gasteiger partial charge in [-0.15, -0.1) is 0 Å². The van der Waals surface area contributed by atoms with E-state index in [2.05, 4.69) is 15.3 Å². The average Bonchev–Trinajstić information content (AvgIpc) is 2.76. The highest BCUT2D eigenvalue weighted by Crippen LogP contribution is 2.25. The number of sulfonamides is 1. The zero-order chi connectivity index (χ0) is 22.0. The number of piperazine rings is 1. The zero-order valence-electron chi connectivity index (χ0n) is 17.5. The van der Waals surface area contributed by atoms with Crippen LogP contribution in [0.15, 0.2) is 29.2 Å². The van der Waals surface area contributed by atoms with Gasteiger partial charge in [0, 0.05) is 44.0 Å². The van der Waals surface area contributed by atoms with E-state index < -0.39 is 26.6 Å². The quantitative estimate of drug-likeness (QED) is 0.752. The van der Waals surface area contributed by atoms with E-state index in [1.165, 1.54) is 23.6 Å². The Kier molecular flexibility index (Phi) is 6.38. The lowest BCUT2D eigenvalue weighted by molar-refractivity contribution is 0.380. The fourth-order valence-electron chi connectivity index (χ4n) is 4.18. The SMILES string of the molecule is Cc1cc(N2CCN(S(=O)(=O)c3cc(F)ccc3F)CC2)nc(NC2CCCCC2)n1. The summed E-state index contributed by atoms with van der Waals surface area (Å²) in [7, 11) is -4.11. The van der Waals surface area contributed by atoms with E-state index in [1.54, 1.807) is 0 Å². The third kappa shape index (κ3) is 4.95. The van der Waals surface area contributed by atoms with Crippen molar-refractivity contribution in [1.29, 1.82) is 0 Å². The van der Waals surface area contributed by atoms with Crippen molar-refractivity contribution in [1.82, 2.24) is 14.3 Å². The molecule has 1 saturated heterocycles. The molecule has 4 rings (SSSR count). The third-order valence-electron chi connectivity index (χ3n) is 5.85. The number of nitrogens with one attached hydrogen (secondary N) is 1. The van der Waals surface area contributed by atoms with Gasteiger partial charge in [0.05, 0.1) is 0 Å². The molecule has 2 aliphatic rings. The van der Waals surface area contributed by atoms with Gasteiger partial charge in [0.15, 0.2) is 0 Å². The highest BCUT2D eigenvalue weighted by molar-refractivity contribution is 7.89. The average molecular weight is 452 g/mol. The van der Waals surface area contributed by atoms with Crippen LogP contribution in [-0.4, -0.2) is 54.9 Å². The van der Waals surface area contributed by atoms with Gasteiger partial charge in [-0.3, -0.25) is 0 Å². The highest BCUT2D eigenvalue weighted by atomic mass is 32.2. The highest BCUT2D eigenvalue weighted by Gasteiger charge is 2.31. The van der Waals surface area contributed by atoms with Crippen LogP contribution in [-0.2, 0) is 10.0 Å². The molecule has 2 fully saturated rings. The van der Waals surface area contributed by atoms with Gasteiger partial charge in [0.25, 0.3) is 0 Å². The molecule has 31 heavy (non-hydrogen) atoms. The van der Waals surface area contributed by atoms with Gasteiger partial charge in [-0.25, -0.2) is 22.2 Å². The minimum atomic E-state index is -4.11. The molecule has 10 heteroatoms. The summed E-state index contributed by atoms with van der Waals surface area (Å²) in [4.78, 5) is 10.5. The van der Waals surface area contributed by atoms with Crippen molar-refractivity contribution in [3.05, 3.63) is 41.6 Å². The summed E-state index contributed by atoms with van der Waals surface area (Å²) in [6.45, 7) is 3.02. The monoisotopic (exact) mass is 451 g/mol. The van der Waals surface area contributed by atoms with Crippen molar-refractivity contribution in [2.45, 2.75) is 50.0 Å². The van der Waals surface area contributed by atoms with Gasteiger partial charge in [0.2, 0.25) is 16.0 Å². The number of benzene rings is 1. The molecule has 0 bridgehead atoms. The Labute approximate surface area is 181 Å². The normalized spacial score (nSPS) is 18.9. The molecule has 0 unspecified atom stereocenters. The molecule has 0 radical (unpaired) electrons. The first kappa shape index (κ1) is 21.9. The summed E-state index contributed by atoms with van der Waals surface area (Å²) in [6.07, 6.45) is 5.90. The lowest BCUT2D eigenvalue weighted by Crippen LogP contribution is -2.49. The summed E-state index contributed by atoms with van der Waals surface area (Å²) in [6, 6.07) is 4.73. The van der Waals surface area contributed by atoms with E-state index in [4.69, 9.17) is 0 Å². The van der Waals surface area contributed by atoms with E-state index in [1.807, 2.05) is 17.9 Å². The molecule has 1 aliphatic heterocycles. The van der Waals surface area contributed by atoms with Crippen LogP contribution in [0, 0.1) is 18.6 Å². The summed E-state index contributed by atoms with van der Waals surface area (Å²) in [5.41, 5.74) is 0.834. The fourth-order valence-corrected chi connectivity index (χ4v) is 5.68. The first-order chi connectivity index (χ1) is 14.8. The topological polar surface area (TPSA) is 78.4 Å². The van der Waals surface area contributed by atoms with Crippen LogP contribution in [0.5, 0.6) is 0 Å². The minimum Gasteiger partial charge on any atom is -0.354 e. The van der Waals surface area contributed by atoms with Crippen molar-refractivity contribution in [3.8, 4) is 0 Å². The van der Waals surface area contributed by atoms with Crippen molar-refractivity contribution in [2.75, 3.05) is 36.4 Å². The van der Waals surface area contributed by atoms with E-state index in [-0.39, 0.29) is 13.1 Å². The molecular weight excluding hydrogens is 424 g/mol. The van der Waals surface area contributed by atoms with E-state index in [9.17, 15) is 17.2 Å². The molecule has 1 aromatic heterocycles. The van der Waals surface area contributed by atoms with Crippen molar-refractivity contribution in [2.24, 2.45) is 0 Å².